The fraction of sp³-hybridized carbons (Fsp3) is 0.333. The fourth-order valence-electron chi connectivity index (χ4n) is 4.95. The van der Waals surface area contributed by atoms with E-state index >= 15 is 0 Å². The van der Waals surface area contributed by atoms with Gasteiger partial charge in [-0.05, 0) is 55.3 Å². The average Bonchev–Trinajstić information content (AvgIpc) is 3.28. The number of likely N-dealkylation sites (tertiary alicyclic amines) is 1. The van der Waals surface area contributed by atoms with Crippen LogP contribution in [0.4, 0.5) is 4.79 Å². The maximum absolute atomic E-state index is 13.4. The molecular formula is C33H36N2O11. The molecular weight excluding hydrogens is 600 g/mol. The van der Waals surface area contributed by atoms with Gasteiger partial charge in [0.1, 0.15) is 29.1 Å². The predicted octanol–water partition coefficient (Wildman–Crippen LogP) is 4.02. The zero-order chi connectivity index (χ0) is 33.2. The van der Waals surface area contributed by atoms with Crippen LogP contribution >= 0.6 is 0 Å². The minimum atomic E-state index is -1.15. The normalized spacial score (nSPS) is 16.0. The second-order valence-electron chi connectivity index (χ2n) is 10.3. The van der Waals surface area contributed by atoms with Gasteiger partial charge in [0.05, 0.1) is 38.5 Å². The van der Waals surface area contributed by atoms with Crippen molar-refractivity contribution >= 4 is 23.8 Å². The van der Waals surface area contributed by atoms with Crippen molar-refractivity contribution in [1.29, 1.82) is 0 Å². The van der Waals surface area contributed by atoms with Crippen LogP contribution in [-0.2, 0) is 9.47 Å². The number of carbonyl (C=O) groups is 4. The lowest BCUT2D eigenvalue weighted by Crippen LogP contribution is -2.51. The predicted molar refractivity (Wildman–Crippen MR) is 164 cm³/mol. The number of nitrogens with one attached hydrogen (secondary N) is 1. The molecule has 13 heteroatoms. The molecule has 0 aromatic heterocycles. The molecule has 1 saturated heterocycles. The topological polar surface area (TPSA) is 159 Å². The molecule has 0 saturated carbocycles. The van der Waals surface area contributed by atoms with Gasteiger partial charge in [0, 0.05) is 37.4 Å². The second kappa shape index (κ2) is 15.6. The summed E-state index contributed by atoms with van der Waals surface area (Å²) >= 11 is 0. The average molecular weight is 637 g/mol. The van der Waals surface area contributed by atoms with Crippen molar-refractivity contribution in [3.8, 4) is 23.0 Å². The number of carboxylic acid groups (broad SMARTS) is 1. The lowest BCUT2D eigenvalue weighted by molar-refractivity contribution is 0.0179. The molecule has 0 unspecified atom stereocenters. The first-order valence-corrected chi connectivity index (χ1v) is 14.3. The molecule has 0 aliphatic carbocycles. The van der Waals surface area contributed by atoms with E-state index in [2.05, 4.69) is 5.32 Å². The minimum absolute atomic E-state index is 0.0576. The fourth-order valence-corrected chi connectivity index (χ4v) is 4.95. The van der Waals surface area contributed by atoms with Gasteiger partial charge in [-0.25, -0.2) is 9.59 Å². The van der Waals surface area contributed by atoms with Gasteiger partial charge in [-0.15, -0.1) is 0 Å². The number of esters is 1. The molecule has 244 valence electrons. The number of ketones is 1. The first kappa shape index (κ1) is 33.6. The third-order valence-electron chi connectivity index (χ3n) is 7.39. The summed E-state index contributed by atoms with van der Waals surface area (Å²) in [5, 5.41) is 12.5. The van der Waals surface area contributed by atoms with Crippen molar-refractivity contribution in [2.45, 2.75) is 25.0 Å². The van der Waals surface area contributed by atoms with E-state index in [4.69, 9.17) is 28.4 Å². The summed E-state index contributed by atoms with van der Waals surface area (Å²) in [7, 11) is 5.86. The quantitative estimate of drug-likeness (QED) is 0.168. The van der Waals surface area contributed by atoms with Crippen LogP contribution in [0, 0.1) is 0 Å². The lowest BCUT2D eigenvalue weighted by atomic mass is 10.0. The van der Waals surface area contributed by atoms with Crippen LogP contribution in [0.15, 0.2) is 60.7 Å². The van der Waals surface area contributed by atoms with Crippen LogP contribution in [0.3, 0.4) is 0 Å². The maximum atomic E-state index is 13.4. The maximum Gasteiger partial charge on any atom is 0.407 e. The van der Waals surface area contributed by atoms with Gasteiger partial charge >= 0.3 is 12.1 Å². The molecule has 46 heavy (non-hydrogen) atoms. The van der Waals surface area contributed by atoms with E-state index in [-0.39, 0.29) is 47.9 Å². The zero-order valence-electron chi connectivity index (χ0n) is 25.9. The van der Waals surface area contributed by atoms with Crippen LogP contribution in [-0.4, -0.2) is 94.2 Å². The monoisotopic (exact) mass is 636 g/mol. The number of ether oxygens (including phenoxy) is 6. The van der Waals surface area contributed by atoms with Crippen molar-refractivity contribution in [1.82, 2.24) is 10.2 Å². The number of nitrogens with zero attached hydrogens (tertiary/aromatic N) is 1. The van der Waals surface area contributed by atoms with Crippen LogP contribution in [0.5, 0.6) is 23.0 Å². The standard InChI is InChI=1S/C33H36N2O11/c1-41-19-45-28-12-11-23(42-2)17-26(28)30(36)20-7-9-21(10-8-20)32(38)46-29-6-5-13-35(33(39)40)18-27(29)34-31(37)22-14-24(43-3)16-25(15-22)44-4/h7-12,14-17,27,29H,5-6,13,18-19H2,1-4H3,(H,34,37)(H,39,40)/t27-,29-/m1/s1. The van der Waals surface area contributed by atoms with Crippen molar-refractivity contribution in [3.63, 3.8) is 0 Å². The van der Waals surface area contributed by atoms with Crippen LogP contribution in [0.25, 0.3) is 0 Å². The van der Waals surface area contributed by atoms with Crippen LogP contribution < -0.4 is 24.3 Å². The highest BCUT2D eigenvalue weighted by Gasteiger charge is 2.33. The Kier molecular flexibility index (Phi) is 11.4. The highest BCUT2D eigenvalue weighted by Crippen LogP contribution is 2.28. The Morgan fingerprint density at radius 1 is 0.826 bits per heavy atom. The van der Waals surface area contributed by atoms with Crippen molar-refractivity contribution in [2.75, 3.05) is 48.3 Å². The van der Waals surface area contributed by atoms with Gasteiger partial charge < -0.3 is 43.7 Å². The van der Waals surface area contributed by atoms with Crippen LogP contribution in [0.2, 0.25) is 0 Å². The summed E-state index contributed by atoms with van der Waals surface area (Å²) in [6.45, 7) is 0.0550. The lowest BCUT2D eigenvalue weighted by Gasteiger charge is -2.28. The molecule has 1 aliphatic heterocycles. The molecule has 4 rings (SSSR count). The van der Waals surface area contributed by atoms with E-state index in [0.717, 1.165) is 0 Å². The number of hydrogen-bond donors (Lipinski definition) is 2. The van der Waals surface area contributed by atoms with Gasteiger partial charge in [0.15, 0.2) is 12.6 Å². The van der Waals surface area contributed by atoms with Crippen molar-refractivity contribution in [2.24, 2.45) is 0 Å². The Hall–Kier alpha value is -5.30. The first-order valence-electron chi connectivity index (χ1n) is 14.3. The van der Waals surface area contributed by atoms with Crippen LogP contribution in [0.1, 0.15) is 49.5 Å². The van der Waals surface area contributed by atoms with Gasteiger partial charge in [0.25, 0.3) is 5.91 Å². The van der Waals surface area contributed by atoms with E-state index in [0.29, 0.717) is 35.8 Å². The Balaban J connectivity index is 1.52. The third-order valence-corrected chi connectivity index (χ3v) is 7.39. The molecule has 2 amide bonds. The molecule has 1 heterocycles. The van der Waals surface area contributed by atoms with E-state index < -0.39 is 30.1 Å². The van der Waals surface area contributed by atoms with Crippen molar-refractivity contribution < 1.29 is 52.7 Å². The summed E-state index contributed by atoms with van der Waals surface area (Å²) in [6, 6.07) is 14.5. The van der Waals surface area contributed by atoms with Gasteiger partial charge in [-0.2, -0.15) is 0 Å². The molecule has 0 spiro atoms. The third kappa shape index (κ3) is 8.24. The Bertz CT molecular complexity index is 1540. The highest BCUT2D eigenvalue weighted by atomic mass is 16.7. The molecule has 2 atom stereocenters. The number of rotatable bonds is 12. The SMILES string of the molecule is COCOc1ccc(OC)cc1C(=O)c1ccc(C(=O)O[C@@H]2CCCN(C(=O)O)C[C@H]2NC(=O)c2cc(OC)cc(OC)c2)cc1. The highest BCUT2D eigenvalue weighted by molar-refractivity contribution is 6.11. The summed E-state index contributed by atoms with van der Waals surface area (Å²) in [5.41, 5.74) is 0.928. The molecule has 0 bridgehead atoms. The second-order valence-corrected chi connectivity index (χ2v) is 10.3. The largest absolute Gasteiger partial charge is 0.497 e. The van der Waals surface area contributed by atoms with Gasteiger partial charge in [-0.1, -0.05) is 12.1 Å². The van der Waals surface area contributed by atoms with E-state index in [1.54, 1.807) is 24.3 Å². The van der Waals surface area contributed by atoms with Crippen molar-refractivity contribution in [3.05, 3.63) is 82.9 Å². The summed E-state index contributed by atoms with van der Waals surface area (Å²) in [6.07, 6.45) is -1.28. The molecule has 3 aromatic rings. The number of benzene rings is 3. The molecule has 2 N–H and O–H groups in total. The van der Waals surface area contributed by atoms with E-state index in [1.807, 2.05) is 0 Å². The first-order chi connectivity index (χ1) is 22.2. The van der Waals surface area contributed by atoms with Gasteiger partial charge in [0.2, 0.25) is 0 Å². The number of hydrogen-bond acceptors (Lipinski definition) is 10. The number of methoxy groups -OCH3 is 4. The Morgan fingerprint density at radius 3 is 2.09 bits per heavy atom. The zero-order valence-corrected chi connectivity index (χ0v) is 25.9. The summed E-state index contributed by atoms with van der Waals surface area (Å²) < 4.78 is 32.1. The number of carbonyl (C=O) groups excluding carboxylic acids is 3. The smallest absolute Gasteiger partial charge is 0.407 e. The Labute approximate surface area is 265 Å². The summed E-state index contributed by atoms with van der Waals surface area (Å²) in [4.78, 5) is 53.0. The Morgan fingerprint density at radius 2 is 1.48 bits per heavy atom. The molecule has 1 fully saturated rings. The molecule has 3 aromatic carbocycles. The van der Waals surface area contributed by atoms with E-state index in [1.165, 1.54) is 69.7 Å². The number of amides is 2. The molecule has 0 radical (unpaired) electrons. The molecule has 1 aliphatic rings. The van der Waals surface area contributed by atoms with E-state index in [9.17, 15) is 24.3 Å². The van der Waals surface area contributed by atoms with Gasteiger partial charge in [-0.3, -0.25) is 9.59 Å². The minimum Gasteiger partial charge on any atom is -0.497 e. The molecule has 13 nitrogen and oxygen atoms in total. The summed E-state index contributed by atoms with van der Waals surface area (Å²) in [5.74, 6) is -0.0180.